The van der Waals surface area contributed by atoms with Gasteiger partial charge in [0.15, 0.2) is 5.82 Å². The van der Waals surface area contributed by atoms with E-state index in [2.05, 4.69) is 44.5 Å². The number of hydrogen-bond donors (Lipinski definition) is 1. The maximum atomic E-state index is 6.02. The van der Waals surface area contributed by atoms with Crippen molar-refractivity contribution in [3.63, 3.8) is 0 Å². The molecule has 1 atom stereocenters. The highest BCUT2D eigenvalue weighted by atomic mass is 35.5. The average molecular weight is 311 g/mol. The molecule has 2 heterocycles. The molecule has 0 unspecified atom stereocenters. The first-order chi connectivity index (χ1) is 10.8. The Kier molecular flexibility index (Phi) is 3.39. The number of halogens is 1. The van der Waals surface area contributed by atoms with Gasteiger partial charge >= 0.3 is 0 Å². The summed E-state index contributed by atoms with van der Waals surface area (Å²) in [5, 5.41) is 3.99. The summed E-state index contributed by atoms with van der Waals surface area (Å²) in [5.74, 6) is 0.745. The van der Waals surface area contributed by atoms with E-state index >= 15 is 0 Å². The molecule has 4 nitrogen and oxygen atoms in total. The second-order valence-corrected chi connectivity index (χ2v) is 5.90. The summed E-state index contributed by atoms with van der Waals surface area (Å²) in [6.45, 7) is 0. The Morgan fingerprint density at radius 2 is 2.00 bits per heavy atom. The molecule has 1 aliphatic rings. The topological polar surface area (TPSA) is 50.7 Å². The molecule has 0 bridgehead atoms. The van der Waals surface area contributed by atoms with E-state index in [1.165, 1.54) is 17.5 Å². The summed E-state index contributed by atoms with van der Waals surface area (Å²) in [6, 6.07) is 12.5. The molecule has 1 N–H and O–H groups in total. The standard InChI is InChI=1S/C17H15ClN4/c18-15-9-8-14-16(22-15)17(20-10-19-14)21-13-7-3-5-11-4-1-2-6-12(11)13/h1-2,4,6,8-10,13H,3,5,7H2,(H,19,20,21)/t13-/m0/s1. The van der Waals surface area contributed by atoms with Crippen molar-refractivity contribution < 1.29 is 0 Å². The van der Waals surface area contributed by atoms with Crippen molar-refractivity contribution in [2.75, 3.05) is 5.32 Å². The Morgan fingerprint density at radius 3 is 2.95 bits per heavy atom. The molecule has 0 saturated heterocycles. The van der Waals surface area contributed by atoms with Gasteiger partial charge < -0.3 is 5.32 Å². The zero-order valence-electron chi connectivity index (χ0n) is 12.0. The van der Waals surface area contributed by atoms with Crippen LogP contribution >= 0.6 is 11.6 Å². The molecule has 0 saturated carbocycles. The Hall–Kier alpha value is -2.20. The number of hydrogen-bond acceptors (Lipinski definition) is 4. The quantitative estimate of drug-likeness (QED) is 0.722. The van der Waals surface area contributed by atoms with Crippen LogP contribution in [0.2, 0.25) is 5.15 Å². The molecule has 110 valence electrons. The summed E-state index contributed by atoms with van der Waals surface area (Å²) >= 11 is 6.02. The summed E-state index contributed by atoms with van der Waals surface area (Å²) < 4.78 is 0. The van der Waals surface area contributed by atoms with Crippen molar-refractivity contribution in [2.45, 2.75) is 25.3 Å². The van der Waals surface area contributed by atoms with Gasteiger partial charge in [-0.3, -0.25) is 0 Å². The minimum Gasteiger partial charge on any atom is -0.361 e. The monoisotopic (exact) mass is 310 g/mol. The third-order valence-corrected chi connectivity index (χ3v) is 4.34. The molecule has 0 fully saturated rings. The van der Waals surface area contributed by atoms with Crippen molar-refractivity contribution in [1.29, 1.82) is 0 Å². The first-order valence-electron chi connectivity index (χ1n) is 7.43. The number of nitrogens with one attached hydrogen (secondary N) is 1. The van der Waals surface area contributed by atoms with Crippen molar-refractivity contribution in [3.8, 4) is 0 Å². The minimum atomic E-state index is 0.254. The lowest BCUT2D eigenvalue weighted by Gasteiger charge is -2.26. The van der Waals surface area contributed by atoms with E-state index in [1.807, 2.05) is 6.07 Å². The lowest BCUT2D eigenvalue weighted by molar-refractivity contribution is 0.599. The number of nitrogens with zero attached hydrogens (tertiary/aromatic N) is 3. The second-order valence-electron chi connectivity index (χ2n) is 5.51. The summed E-state index contributed by atoms with van der Waals surface area (Å²) in [4.78, 5) is 13.0. The summed E-state index contributed by atoms with van der Waals surface area (Å²) in [7, 11) is 0. The van der Waals surface area contributed by atoms with Crippen LogP contribution in [0.5, 0.6) is 0 Å². The van der Waals surface area contributed by atoms with Crippen LogP contribution in [0, 0.1) is 0 Å². The number of pyridine rings is 1. The van der Waals surface area contributed by atoms with Crippen LogP contribution in [0.4, 0.5) is 5.82 Å². The molecule has 0 spiro atoms. The Morgan fingerprint density at radius 1 is 1.09 bits per heavy atom. The Labute approximate surface area is 133 Å². The number of aryl methyl sites for hydroxylation is 1. The molecule has 4 rings (SSSR count). The van der Waals surface area contributed by atoms with Gasteiger partial charge in [0.25, 0.3) is 0 Å². The zero-order chi connectivity index (χ0) is 14.9. The van der Waals surface area contributed by atoms with Crippen LogP contribution < -0.4 is 5.32 Å². The number of aromatic nitrogens is 3. The molecular formula is C17H15ClN4. The largest absolute Gasteiger partial charge is 0.361 e. The van der Waals surface area contributed by atoms with E-state index in [-0.39, 0.29) is 6.04 Å². The van der Waals surface area contributed by atoms with Crippen LogP contribution in [0.25, 0.3) is 11.0 Å². The molecule has 0 aliphatic heterocycles. The van der Waals surface area contributed by atoms with E-state index in [9.17, 15) is 0 Å². The van der Waals surface area contributed by atoms with Crippen LogP contribution in [0.15, 0.2) is 42.7 Å². The third kappa shape index (κ3) is 2.40. The number of rotatable bonds is 2. The van der Waals surface area contributed by atoms with Gasteiger partial charge in [0.2, 0.25) is 0 Å². The fraction of sp³-hybridized carbons (Fsp3) is 0.235. The van der Waals surface area contributed by atoms with Crippen LogP contribution in [0.1, 0.15) is 30.0 Å². The van der Waals surface area contributed by atoms with Gasteiger partial charge in [-0.1, -0.05) is 35.9 Å². The summed E-state index contributed by atoms with van der Waals surface area (Å²) in [5.41, 5.74) is 4.28. The van der Waals surface area contributed by atoms with Crippen molar-refractivity contribution in [1.82, 2.24) is 15.0 Å². The lowest BCUT2D eigenvalue weighted by Crippen LogP contribution is -2.18. The molecule has 0 radical (unpaired) electrons. The molecule has 5 heteroatoms. The predicted molar refractivity (Wildman–Crippen MR) is 88.1 cm³/mol. The van der Waals surface area contributed by atoms with Gasteiger partial charge in [0, 0.05) is 0 Å². The van der Waals surface area contributed by atoms with Gasteiger partial charge in [-0.05, 0) is 42.5 Å². The van der Waals surface area contributed by atoms with Gasteiger partial charge in [0.05, 0.1) is 11.6 Å². The van der Waals surface area contributed by atoms with Crippen LogP contribution in [-0.2, 0) is 6.42 Å². The van der Waals surface area contributed by atoms with E-state index < -0.39 is 0 Å². The highest BCUT2D eigenvalue weighted by Crippen LogP contribution is 2.33. The average Bonchev–Trinajstić information content (AvgIpc) is 2.56. The predicted octanol–water partition coefficient (Wildman–Crippen LogP) is 4.17. The lowest BCUT2D eigenvalue weighted by atomic mass is 9.88. The first-order valence-corrected chi connectivity index (χ1v) is 7.80. The SMILES string of the molecule is Clc1ccc2ncnc(N[C@H]3CCCc4ccccc43)c2n1. The molecular weight excluding hydrogens is 296 g/mol. The van der Waals surface area contributed by atoms with E-state index in [0.717, 1.165) is 29.7 Å². The van der Waals surface area contributed by atoms with Gasteiger partial charge in [-0.15, -0.1) is 0 Å². The smallest absolute Gasteiger partial charge is 0.156 e. The van der Waals surface area contributed by atoms with E-state index in [0.29, 0.717) is 5.15 Å². The number of fused-ring (bicyclic) bond motifs is 2. The fourth-order valence-corrected chi connectivity index (χ4v) is 3.24. The van der Waals surface area contributed by atoms with E-state index in [4.69, 9.17) is 11.6 Å². The van der Waals surface area contributed by atoms with Crippen LogP contribution in [-0.4, -0.2) is 15.0 Å². The van der Waals surface area contributed by atoms with Gasteiger partial charge in [-0.2, -0.15) is 0 Å². The van der Waals surface area contributed by atoms with Gasteiger partial charge in [-0.25, -0.2) is 15.0 Å². The molecule has 1 aliphatic carbocycles. The molecule has 1 aromatic carbocycles. The van der Waals surface area contributed by atoms with Crippen molar-refractivity contribution >= 4 is 28.5 Å². The first kappa shape index (κ1) is 13.5. The third-order valence-electron chi connectivity index (χ3n) is 4.13. The number of anilines is 1. The number of benzene rings is 1. The van der Waals surface area contributed by atoms with Crippen molar-refractivity contribution in [2.24, 2.45) is 0 Å². The fourth-order valence-electron chi connectivity index (χ4n) is 3.09. The summed E-state index contributed by atoms with van der Waals surface area (Å²) in [6.07, 6.45) is 4.97. The van der Waals surface area contributed by atoms with Gasteiger partial charge in [0.1, 0.15) is 17.0 Å². The maximum absolute atomic E-state index is 6.02. The molecule has 22 heavy (non-hydrogen) atoms. The molecule has 3 aromatic rings. The van der Waals surface area contributed by atoms with Crippen LogP contribution in [0.3, 0.4) is 0 Å². The maximum Gasteiger partial charge on any atom is 0.156 e. The molecule has 0 amide bonds. The normalized spacial score (nSPS) is 17.2. The minimum absolute atomic E-state index is 0.254. The second kappa shape index (κ2) is 5.54. The highest BCUT2D eigenvalue weighted by molar-refractivity contribution is 6.29. The highest BCUT2D eigenvalue weighted by Gasteiger charge is 2.21. The van der Waals surface area contributed by atoms with E-state index in [1.54, 1.807) is 12.4 Å². The van der Waals surface area contributed by atoms with Crippen molar-refractivity contribution in [3.05, 3.63) is 59.0 Å². The zero-order valence-corrected chi connectivity index (χ0v) is 12.7. The Balaban J connectivity index is 1.74. The Bertz CT molecular complexity index is 834. The molecule has 2 aromatic heterocycles.